The highest BCUT2D eigenvalue weighted by molar-refractivity contribution is 5.20. The fourth-order valence-corrected chi connectivity index (χ4v) is 2.46. The van der Waals surface area contributed by atoms with Gasteiger partial charge in [-0.15, -0.1) is 0 Å². The maximum atomic E-state index is 6.17. The van der Waals surface area contributed by atoms with E-state index in [1.54, 1.807) is 0 Å². The van der Waals surface area contributed by atoms with Gasteiger partial charge in [-0.25, -0.2) is 4.98 Å². The molecule has 0 aliphatic heterocycles. The lowest BCUT2D eigenvalue weighted by Crippen LogP contribution is -2.37. The Kier molecular flexibility index (Phi) is 4.14. The number of hydrogen-bond donors (Lipinski definition) is 0. The van der Waals surface area contributed by atoms with Crippen LogP contribution in [0.15, 0.2) is 18.2 Å². The zero-order valence-electron chi connectivity index (χ0n) is 12.6. The quantitative estimate of drug-likeness (QED) is 0.807. The minimum absolute atomic E-state index is 0.138. The van der Waals surface area contributed by atoms with Gasteiger partial charge in [0.15, 0.2) is 0 Å². The average molecular weight is 263 g/mol. The summed E-state index contributed by atoms with van der Waals surface area (Å²) in [6.45, 7) is 10.4. The molecule has 0 N–H and O–H groups in total. The first-order chi connectivity index (χ1) is 8.87. The summed E-state index contributed by atoms with van der Waals surface area (Å²) in [4.78, 5) is 4.57. The molecule has 19 heavy (non-hydrogen) atoms. The van der Waals surface area contributed by atoms with Crippen LogP contribution < -0.4 is 4.74 Å². The Balaban J connectivity index is 2.06. The second-order valence-electron chi connectivity index (χ2n) is 6.35. The molecule has 1 heterocycles. The van der Waals surface area contributed by atoms with Gasteiger partial charge >= 0.3 is 0 Å². The first kappa shape index (κ1) is 14.3. The number of nitrogens with zero attached hydrogens (tertiary/aromatic N) is 1. The second-order valence-corrected chi connectivity index (χ2v) is 6.35. The van der Waals surface area contributed by atoms with E-state index in [4.69, 9.17) is 9.47 Å². The summed E-state index contributed by atoms with van der Waals surface area (Å²) in [7, 11) is 0. The number of aromatic nitrogens is 1. The SMILES string of the molecule is CC1CC(OC(C)(C)c2cccc(OC(C)C)n2)C1. The summed E-state index contributed by atoms with van der Waals surface area (Å²) < 4.78 is 11.8. The Morgan fingerprint density at radius 1 is 1.26 bits per heavy atom. The van der Waals surface area contributed by atoms with Crippen molar-refractivity contribution < 1.29 is 9.47 Å². The molecule has 0 saturated heterocycles. The standard InChI is InChI=1S/C16H25NO2/c1-11(2)18-15-8-6-7-14(17-15)16(4,5)19-13-9-12(3)10-13/h6-8,11-13H,9-10H2,1-5H3. The molecule has 0 aromatic carbocycles. The molecular formula is C16H25NO2. The average Bonchev–Trinajstić information content (AvgIpc) is 2.26. The zero-order valence-corrected chi connectivity index (χ0v) is 12.6. The van der Waals surface area contributed by atoms with Crippen LogP contribution in [0.4, 0.5) is 0 Å². The third kappa shape index (κ3) is 3.69. The fourth-order valence-electron chi connectivity index (χ4n) is 2.46. The van der Waals surface area contributed by atoms with Gasteiger partial charge < -0.3 is 9.47 Å². The van der Waals surface area contributed by atoms with Gasteiger partial charge in [0, 0.05) is 6.07 Å². The Morgan fingerprint density at radius 3 is 2.53 bits per heavy atom. The van der Waals surface area contributed by atoms with Crippen molar-refractivity contribution in [3.63, 3.8) is 0 Å². The highest BCUT2D eigenvalue weighted by Gasteiger charge is 2.33. The summed E-state index contributed by atoms with van der Waals surface area (Å²) in [5.74, 6) is 1.47. The van der Waals surface area contributed by atoms with E-state index in [2.05, 4.69) is 25.8 Å². The molecule has 1 saturated carbocycles. The summed E-state index contributed by atoms with van der Waals surface area (Å²) in [5.41, 5.74) is 0.575. The molecule has 3 nitrogen and oxygen atoms in total. The number of hydrogen-bond acceptors (Lipinski definition) is 3. The van der Waals surface area contributed by atoms with Crippen LogP contribution in [0.5, 0.6) is 5.88 Å². The lowest BCUT2D eigenvalue weighted by molar-refractivity contribution is -0.124. The fraction of sp³-hybridized carbons (Fsp3) is 0.688. The van der Waals surface area contributed by atoms with E-state index in [1.165, 1.54) is 0 Å². The van der Waals surface area contributed by atoms with Crippen LogP contribution in [0.2, 0.25) is 0 Å². The minimum atomic E-state index is -0.360. The van der Waals surface area contributed by atoms with Gasteiger partial charge in [-0.3, -0.25) is 0 Å². The van der Waals surface area contributed by atoms with Crippen LogP contribution in [-0.2, 0) is 10.3 Å². The highest BCUT2D eigenvalue weighted by Crippen LogP contribution is 2.36. The van der Waals surface area contributed by atoms with E-state index in [-0.39, 0.29) is 11.7 Å². The van der Waals surface area contributed by atoms with E-state index in [0.717, 1.165) is 24.5 Å². The maximum absolute atomic E-state index is 6.17. The van der Waals surface area contributed by atoms with Crippen molar-refractivity contribution in [1.82, 2.24) is 4.98 Å². The van der Waals surface area contributed by atoms with Crippen molar-refractivity contribution in [3.05, 3.63) is 23.9 Å². The predicted molar refractivity (Wildman–Crippen MR) is 76.3 cm³/mol. The van der Waals surface area contributed by atoms with Gasteiger partial charge in [-0.2, -0.15) is 0 Å². The molecule has 3 heteroatoms. The first-order valence-electron chi connectivity index (χ1n) is 7.19. The third-order valence-corrected chi connectivity index (χ3v) is 3.49. The molecule has 1 fully saturated rings. The van der Waals surface area contributed by atoms with Crippen LogP contribution in [-0.4, -0.2) is 17.2 Å². The normalized spacial score (nSPS) is 23.3. The van der Waals surface area contributed by atoms with E-state index >= 15 is 0 Å². The van der Waals surface area contributed by atoms with Gasteiger partial charge in [0.2, 0.25) is 5.88 Å². The smallest absolute Gasteiger partial charge is 0.213 e. The minimum Gasteiger partial charge on any atom is -0.475 e. The van der Waals surface area contributed by atoms with Gasteiger partial charge in [0.25, 0.3) is 0 Å². The second kappa shape index (κ2) is 5.49. The number of pyridine rings is 1. The molecule has 1 aliphatic carbocycles. The van der Waals surface area contributed by atoms with E-state index in [9.17, 15) is 0 Å². The Bertz CT molecular complexity index is 423. The molecule has 0 unspecified atom stereocenters. The Hall–Kier alpha value is -1.09. The first-order valence-corrected chi connectivity index (χ1v) is 7.19. The van der Waals surface area contributed by atoms with Crippen molar-refractivity contribution in [2.75, 3.05) is 0 Å². The van der Waals surface area contributed by atoms with Crippen molar-refractivity contribution in [1.29, 1.82) is 0 Å². The molecule has 106 valence electrons. The summed E-state index contributed by atoms with van der Waals surface area (Å²) in [6.07, 6.45) is 2.83. The third-order valence-electron chi connectivity index (χ3n) is 3.49. The molecular weight excluding hydrogens is 238 g/mol. The summed E-state index contributed by atoms with van der Waals surface area (Å²) >= 11 is 0. The molecule has 0 radical (unpaired) electrons. The molecule has 0 amide bonds. The van der Waals surface area contributed by atoms with Crippen LogP contribution >= 0.6 is 0 Å². The van der Waals surface area contributed by atoms with Crippen LogP contribution in [0.1, 0.15) is 53.2 Å². The molecule has 0 spiro atoms. The molecule has 0 bridgehead atoms. The monoisotopic (exact) mass is 263 g/mol. The number of ether oxygens (including phenoxy) is 2. The summed E-state index contributed by atoms with van der Waals surface area (Å²) in [6, 6.07) is 5.88. The Morgan fingerprint density at radius 2 is 1.95 bits per heavy atom. The summed E-state index contributed by atoms with van der Waals surface area (Å²) in [5, 5.41) is 0. The molecule has 1 aromatic heterocycles. The van der Waals surface area contributed by atoms with Gasteiger partial charge in [0.1, 0.15) is 5.60 Å². The zero-order chi connectivity index (χ0) is 14.0. The topological polar surface area (TPSA) is 31.4 Å². The van der Waals surface area contributed by atoms with Crippen LogP contribution in [0.3, 0.4) is 0 Å². The van der Waals surface area contributed by atoms with Crippen molar-refractivity contribution in [3.8, 4) is 5.88 Å². The van der Waals surface area contributed by atoms with E-state index in [0.29, 0.717) is 12.0 Å². The highest BCUT2D eigenvalue weighted by atomic mass is 16.5. The maximum Gasteiger partial charge on any atom is 0.213 e. The molecule has 1 aromatic rings. The van der Waals surface area contributed by atoms with Crippen LogP contribution in [0.25, 0.3) is 0 Å². The Labute approximate surface area is 116 Å². The predicted octanol–water partition coefficient (Wildman–Crippen LogP) is 3.92. The van der Waals surface area contributed by atoms with Gasteiger partial charge in [0.05, 0.1) is 17.9 Å². The van der Waals surface area contributed by atoms with Crippen molar-refractivity contribution in [2.24, 2.45) is 5.92 Å². The molecule has 2 rings (SSSR count). The largest absolute Gasteiger partial charge is 0.475 e. The van der Waals surface area contributed by atoms with E-state index < -0.39 is 0 Å². The molecule has 1 aliphatic rings. The van der Waals surface area contributed by atoms with Crippen molar-refractivity contribution in [2.45, 2.75) is 65.3 Å². The van der Waals surface area contributed by atoms with E-state index in [1.807, 2.05) is 32.0 Å². The van der Waals surface area contributed by atoms with Crippen LogP contribution in [0, 0.1) is 5.92 Å². The van der Waals surface area contributed by atoms with Gasteiger partial charge in [-0.05, 0) is 52.5 Å². The van der Waals surface area contributed by atoms with Gasteiger partial charge in [-0.1, -0.05) is 13.0 Å². The molecule has 0 atom stereocenters. The lowest BCUT2D eigenvalue weighted by Gasteiger charge is -2.38. The van der Waals surface area contributed by atoms with Crippen molar-refractivity contribution >= 4 is 0 Å². The lowest BCUT2D eigenvalue weighted by atomic mass is 9.83. The number of rotatable bonds is 5.